The second-order valence-corrected chi connectivity index (χ2v) is 4.94. The first-order chi connectivity index (χ1) is 7.99. The lowest BCUT2D eigenvalue weighted by atomic mass is 9.92. The van der Waals surface area contributed by atoms with Gasteiger partial charge in [-0.15, -0.1) is 0 Å². The summed E-state index contributed by atoms with van der Waals surface area (Å²) in [5, 5.41) is 11.8. The van der Waals surface area contributed by atoms with Crippen molar-refractivity contribution in [2.75, 3.05) is 0 Å². The molecule has 0 aromatic heterocycles. The Bertz CT molecular complexity index is 285. The Labute approximate surface area is 102 Å². The Kier molecular flexibility index (Phi) is 4.93. The molecule has 1 amide bonds. The van der Waals surface area contributed by atoms with Crippen LogP contribution < -0.4 is 11.1 Å². The van der Waals surface area contributed by atoms with Gasteiger partial charge in [0.05, 0.1) is 18.0 Å². The van der Waals surface area contributed by atoms with Crippen molar-refractivity contribution in [3.63, 3.8) is 0 Å². The fraction of sp³-hybridized carbons (Fsp3) is 0.833. The van der Waals surface area contributed by atoms with Crippen LogP contribution >= 0.6 is 0 Å². The van der Waals surface area contributed by atoms with E-state index in [-0.39, 0.29) is 12.3 Å². The van der Waals surface area contributed by atoms with Gasteiger partial charge in [0.25, 0.3) is 0 Å². The highest BCUT2D eigenvalue weighted by atomic mass is 16.4. The number of amides is 1. The summed E-state index contributed by atoms with van der Waals surface area (Å²) in [4.78, 5) is 22.7. The predicted octanol–water partition coefficient (Wildman–Crippen LogP) is 1.02. The molecular weight excluding hydrogens is 220 g/mol. The molecular formula is C12H22N2O3. The molecule has 0 aliphatic heterocycles. The Balaban J connectivity index is 2.60. The number of nitrogens with one attached hydrogen (secondary N) is 1. The molecule has 1 rings (SSSR count). The first kappa shape index (κ1) is 14.0. The van der Waals surface area contributed by atoms with Crippen LogP contribution in [0.4, 0.5) is 0 Å². The van der Waals surface area contributed by atoms with Crippen LogP contribution in [0.15, 0.2) is 0 Å². The lowest BCUT2D eigenvalue weighted by molar-refractivity contribution is -0.139. The molecule has 1 atom stereocenters. The number of carboxylic acid groups (broad SMARTS) is 1. The SMILES string of the molecule is CCC[C@H](N)C(=O)NC1(CC(=O)O)CCCC1. The van der Waals surface area contributed by atoms with E-state index in [1.165, 1.54) is 0 Å². The Morgan fingerprint density at radius 1 is 1.41 bits per heavy atom. The van der Waals surface area contributed by atoms with E-state index < -0.39 is 17.6 Å². The third-order valence-corrected chi connectivity index (χ3v) is 3.38. The Morgan fingerprint density at radius 3 is 2.47 bits per heavy atom. The second-order valence-electron chi connectivity index (χ2n) is 4.94. The minimum Gasteiger partial charge on any atom is -0.481 e. The van der Waals surface area contributed by atoms with E-state index in [0.29, 0.717) is 6.42 Å². The van der Waals surface area contributed by atoms with E-state index in [4.69, 9.17) is 10.8 Å². The molecule has 0 unspecified atom stereocenters. The molecule has 4 N–H and O–H groups in total. The smallest absolute Gasteiger partial charge is 0.305 e. The van der Waals surface area contributed by atoms with Crippen LogP contribution in [-0.2, 0) is 9.59 Å². The summed E-state index contributed by atoms with van der Waals surface area (Å²) in [5.74, 6) is -1.08. The predicted molar refractivity (Wildman–Crippen MR) is 64.5 cm³/mol. The maximum absolute atomic E-state index is 11.8. The van der Waals surface area contributed by atoms with Crippen molar-refractivity contribution in [2.45, 2.75) is 63.5 Å². The van der Waals surface area contributed by atoms with E-state index in [1.807, 2.05) is 6.92 Å². The van der Waals surface area contributed by atoms with E-state index in [2.05, 4.69) is 5.32 Å². The van der Waals surface area contributed by atoms with E-state index in [1.54, 1.807) is 0 Å². The van der Waals surface area contributed by atoms with Crippen LogP contribution in [0.25, 0.3) is 0 Å². The van der Waals surface area contributed by atoms with Crippen molar-refractivity contribution < 1.29 is 14.7 Å². The standard InChI is InChI=1S/C12H22N2O3/c1-2-5-9(13)11(17)14-12(8-10(15)16)6-3-4-7-12/h9H,2-8,13H2,1H3,(H,14,17)(H,15,16)/t9-/m0/s1. The maximum atomic E-state index is 11.8. The molecule has 98 valence electrons. The molecule has 0 saturated heterocycles. The van der Waals surface area contributed by atoms with Crippen molar-refractivity contribution in [1.82, 2.24) is 5.32 Å². The average molecular weight is 242 g/mol. The van der Waals surface area contributed by atoms with Crippen molar-refractivity contribution in [3.8, 4) is 0 Å². The highest BCUT2D eigenvalue weighted by Crippen LogP contribution is 2.32. The second kappa shape index (κ2) is 6.00. The molecule has 5 heteroatoms. The Morgan fingerprint density at radius 2 is 2.00 bits per heavy atom. The number of hydrogen-bond donors (Lipinski definition) is 3. The summed E-state index contributed by atoms with van der Waals surface area (Å²) < 4.78 is 0. The lowest BCUT2D eigenvalue weighted by Gasteiger charge is -2.30. The zero-order chi connectivity index (χ0) is 12.9. The van der Waals surface area contributed by atoms with Gasteiger partial charge in [0.15, 0.2) is 0 Å². The van der Waals surface area contributed by atoms with Crippen LogP contribution in [0, 0.1) is 0 Å². The normalized spacial score (nSPS) is 19.9. The van der Waals surface area contributed by atoms with Crippen LogP contribution in [0.2, 0.25) is 0 Å². The van der Waals surface area contributed by atoms with Crippen LogP contribution in [0.5, 0.6) is 0 Å². The molecule has 17 heavy (non-hydrogen) atoms. The number of hydrogen-bond acceptors (Lipinski definition) is 3. The monoisotopic (exact) mass is 242 g/mol. The zero-order valence-corrected chi connectivity index (χ0v) is 10.4. The summed E-state index contributed by atoms with van der Waals surface area (Å²) in [6.07, 6.45) is 4.90. The number of nitrogens with two attached hydrogens (primary N) is 1. The molecule has 0 heterocycles. The molecule has 0 aromatic carbocycles. The average Bonchev–Trinajstić information content (AvgIpc) is 2.65. The van der Waals surface area contributed by atoms with Gasteiger partial charge in [0.2, 0.25) is 5.91 Å². The van der Waals surface area contributed by atoms with Gasteiger partial charge < -0.3 is 16.2 Å². The summed E-state index contributed by atoms with van der Waals surface area (Å²) in [6, 6.07) is -0.522. The number of carbonyl (C=O) groups is 2. The minimum absolute atomic E-state index is 0.00240. The minimum atomic E-state index is -0.865. The highest BCUT2D eigenvalue weighted by molar-refractivity contribution is 5.83. The van der Waals surface area contributed by atoms with E-state index in [9.17, 15) is 9.59 Å². The van der Waals surface area contributed by atoms with Gasteiger partial charge in [-0.05, 0) is 19.3 Å². The van der Waals surface area contributed by atoms with Gasteiger partial charge in [0, 0.05) is 0 Å². The van der Waals surface area contributed by atoms with Gasteiger partial charge in [0.1, 0.15) is 0 Å². The summed E-state index contributed by atoms with van der Waals surface area (Å²) in [6.45, 7) is 1.97. The fourth-order valence-corrected chi connectivity index (χ4v) is 2.48. The van der Waals surface area contributed by atoms with Gasteiger partial charge in [-0.2, -0.15) is 0 Å². The molecule has 0 spiro atoms. The summed E-state index contributed by atoms with van der Waals surface area (Å²) in [7, 11) is 0. The third kappa shape index (κ3) is 4.00. The first-order valence-electron chi connectivity index (χ1n) is 6.28. The van der Waals surface area contributed by atoms with E-state index >= 15 is 0 Å². The molecule has 0 aromatic rings. The van der Waals surface area contributed by atoms with Crippen molar-refractivity contribution in [2.24, 2.45) is 5.73 Å². The first-order valence-corrected chi connectivity index (χ1v) is 6.28. The topological polar surface area (TPSA) is 92.4 Å². The van der Waals surface area contributed by atoms with Crippen LogP contribution in [-0.4, -0.2) is 28.6 Å². The summed E-state index contributed by atoms with van der Waals surface area (Å²) in [5.41, 5.74) is 5.17. The molecule has 0 bridgehead atoms. The number of aliphatic carboxylic acids is 1. The van der Waals surface area contributed by atoms with Crippen molar-refractivity contribution >= 4 is 11.9 Å². The third-order valence-electron chi connectivity index (χ3n) is 3.38. The quantitative estimate of drug-likeness (QED) is 0.648. The largest absolute Gasteiger partial charge is 0.481 e. The lowest BCUT2D eigenvalue weighted by Crippen LogP contribution is -2.53. The van der Waals surface area contributed by atoms with E-state index in [0.717, 1.165) is 32.1 Å². The van der Waals surface area contributed by atoms with Gasteiger partial charge >= 0.3 is 5.97 Å². The zero-order valence-electron chi connectivity index (χ0n) is 10.4. The fourth-order valence-electron chi connectivity index (χ4n) is 2.48. The molecule has 1 aliphatic carbocycles. The molecule has 1 fully saturated rings. The molecule has 1 aliphatic rings. The van der Waals surface area contributed by atoms with Crippen LogP contribution in [0.1, 0.15) is 51.9 Å². The number of carbonyl (C=O) groups excluding carboxylic acids is 1. The van der Waals surface area contributed by atoms with Crippen molar-refractivity contribution in [1.29, 1.82) is 0 Å². The number of carboxylic acids is 1. The highest BCUT2D eigenvalue weighted by Gasteiger charge is 2.38. The molecule has 1 saturated carbocycles. The summed E-state index contributed by atoms with van der Waals surface area (Å²) >= 11 is 0. The van der Waals surface area contributed by atoms with Gasteiger partial charge in [-0.1, -0.05) is 26.2 Å². The molecule has 0 radical (unpaired) electrons. The van der Waals surface area contributed by atoms with Gasteiger partial charge in [-0.25, -0.2) is 0 Å². The number of rotatable bonds is 6. The Hall–Kier alpha value is -1.10. The molecule has 5 nitrogen and oxygen atoms in total. The van der Waals surface area contributed by atoms with Crippen LogP contribution in [0.3, 0.4) is 0 Å². The maximum Gasteiger partial charge on any atom is 0.305 e. The van der Waals surface area contributed by atoms with Gasteiger partial charge in [-0.3, -0.25) is 9.59 Å². The van der Waals surface area contributed by atoms with Crippen molar-refractivity contribution in [3.05, 3.63) is 0 Å².